The molecule has 1 unspecified atom stereocenters. The number of hydrogen-bond donors (Lipinski definition) is 2. The largest absolute Gasteiger partial charge is 0.490 e. The number of carbonyl (C=O) groups is 1. The van der Waals surface area contributed by atoms with Crippen molar-refractivity contribution in [3.05, 3.63) is 101 Å². The molecule has 3 N–H and O–H groups in total. The van der Waals surface area contributed by atoms with E-state index in [4.69, 9.17) is 20.3 Å². The molecule has 1 amide bonds. The third kappa shape index (κ3) is 4.53. The number of nitrogens with zero attached hydrogens (tertiary/aromatic N) is 3. The number of carbonyl (C=O) groups excluding carboxylic acids is 1. The summed E-state index contributed by atoms with van der Waals surface area (Å²) in [5.41, 5.74) is 9.60. The Morgan fingerprint density at radius 2 is 1.72 bits per heavy atom. The van der Waals surface area contributed by atoms with Gasteiger partial charge in [-0.25, -0.2) is 4.68 Å². The van der Waals surface area contributed by atoms with Gasteiger partial charge in [-0.3, -0.25) is 4.79 Å². The molecule has 36 heavy (non-hydrogen) atoms. The van der Waals surface area contributed by atoms with Gasteiger partial charge in [-0.2, -0.15) is 4.98 Å². The van der Waals surface area contributed by atoms with Crippen molar-refractivity contribution in [2.75, 3.05) is 11.9 Å². The molecule has 1 aliphatic rings. The number of amides is 1. The van der Waals surface area contributed by atoms with Crippen molar-refractivity contribution in [2.24, 2.45) is 5.73 Å². The summed E-state index contributed by atoms with van der Waals surface area (Å²) >= 11 is 0. The third-order valence-electron chi connectivity index (χ3n) is 5.97. The van der Waals surface area contributed by atoms with Gasteiger partial charge < -0.3 is 20.5 Å². The number of rotatable bonds is 8. The van der Waals surface area contributed by atoms with E-state index in [0.717, 1.165) is 16.7 Å². The van der Waals surface area contributed by atoms with Gasteiger partial charge in [0.1, 0.15) is 12.6 Å². The molecule has 182 valence electrons. The van der Waals surface area contributed by atoms with Crippen LogP contribution in [0.3, 0.4) is 0 Å². The molecule has 8 nitrogen and oxygen atoms in total. The van der Waals surface area contributed by atoms with E-state index in [-0.39, 0.29) is 0 Å². The van der Waals surface area contributed by atoms with Crippen LogP contribution in [0, 0.1) is 0 Å². The van der Waals surface area contributed by atoms with Crippen LogP contribution in [0.1, 0.15) is 31.0 Å². The zero-order valence-corrected chi connectivity index (χ0v) is 20.1. The van der Waals surface area contributed by atoms with E-state index < -0.39 is 11.9 Å². The summed E-state index contributed by atoms with van der Waals surface area (Å²) in [6.07, 6.45) is 0. The number of aromatic nitrogens is 3. The first-order valence-electron chi connectivity index (χ1n) is 11.8. The van der Waals surface area contributed by atoms with Crippen molar-refractivity contribution >= 4 is 11.9 Å². The Morgan fingerprint density at radius 1 is 1.00 bits per heavy atom. The normalized spacial score (nSPS) is 14.7. The van der Waals surface area contributed by atoms with Crippen molar-refractivity contribution in [3.8, 4) is 22.9 Å². The lowest BCUT2D eigenvalue weighted by Gasteiger charge is -2.28. The van der Waals surface area contributed by atoms with Gasteiger partial charge in [-0.15, -0.1) is 5.10 Å². The minimum Gasteiger partial charge on any atom is -0.490 e. The van der Waals surface area contributed by atoms with Crippen molar-refractivity contribution < 1.29 is 14.3 Å². The van der Waals surface area contributed by atoms with Gasteiger partial charge in [0.2, 0.25) is 11.9 Å². The first kappa shape index (κ1) is 23.2. The maximum atomic E-state index is 12.6. The van der Waals surface area contributed by atoms with Gasteiger partial charge in [0.15, 0.2) is 17.3 Å². The SMILES string of the molecule is CCOc1cc(C2C(C(N)=O)=C(C)Nc3nc(-c4ccccc4)nn32)ccc1OCc1ccccc1. The highest BCUT2D eigenvalue weighted by atomic mass is 16.5. The summed E-state index contributed by atoms with van der Waals surface area (Å²) in [5.74, 6) is 1.74. The molecular formula is C28H27N5O3. The number of allylic oxidation sites excluding steroid dienone is 1. The number of hydrogen-bond acceptors (Lipinski definition) is 6. The fraction of sp³-hybridized carbons (Fsp3) is 0.179. The Bertz CT molecular complexity index is 1410. The predicted molar refractivity (Wildman–Crippen MR) is 137 cm³/mol. The quantitative estimate of drug-likeness (QED) is 0.378. The molecule has 8 heteroatoms. The van der Waals surface area contributed by atoms with E-state index in [0.29, 0.717) is 47.8 Å². The lowest BCUT2D eigenvalue weighted by atomic mass is 9.95. The molecule has 5 rings (SSSR count). The molecule has 0 saturated heterocycles. The monoisotopic (exact) mass is 481 g/mol. The highest BCUT2D eigenvalue weighted by Crippen LogP contribution is 2.39. The van der Waals surface area contributed by atoms with Gasteiger partial charge >= 0.3 is 0 Å². The van der Waals surface area contributed by atoms with E-state index in [1.807, 2.05) is 92.7 Å². The number of fused-ring (bicyclic) bond motifs is 1. The van der Waals surface area contributed by atoms with Crippen LogP contribution in [0.15, 0.2) is 90.1 Å². The van der Waals surface area contributed by atoms with E-state index in [1.165, 1.54) is 0 Å². The Kier molecular flexibility index (Phi) is 6.40. The van der Waals surface area contributed by atoms with E-state index in [1.54, 1.807) is 4.68 Å². The zero-order chi connectivity index (χ0) is 25.1. The molecule has 1 aliphatic heterocycles. The fourth-order valence-electron chi connectivity index (χ4n) is 4.31. The van der Waals surface area contributed by atoms with Crippen LogP contribution in [0.4, 0.5) is 5.95 Å². The number of nitrogens with one attached hydrogen (secondary N) is 1. The molecular weight excluding hydrogens is 454 g/mol. The standard InChI is InChI=1S/C28H27N5O3/c1-3-35-23-16-21(14-15-22(23)36-17-19-10-6-4-7-11-19)25-24(26(29)34)18(2)30-28-31-27(32-33(25)28)20-12-8-5-9-13-20/h4-16,25H,3,17H2,1-2H3,(H2,29,34)(H,30,31,32). The van der Waals surface area contributed by atoms with Gasteiger partial charge in [0.05, 0.1) is 12.2 Å². The fourth-order valence-corrected chi connectivity index (χ4v) is 4.31. The lowest BCUT2D eigenvalue weighted by Crippen LogP contribution is -2.31. The van der Waals surface area contributed by atoms with Crippen LogP contribution in [0.25, 0.3) is 11.4 Å². The van der Waals surface area contributed by atoms with Gasteiger partial charge in [-0.05, 0) is 37.1 Å². The molecule has 0 spiro atoms. The minimum absolute atomic E-state index is 0.410. The van der Waals surface area contributed by atoms with Crippen molar-refractivity contribution in [1.82, 2.24) is 14.8 Å². The summed E-state index contributed by atoms with van der Waals surface area (Å²) in [6, 6.07) is 24.7. The van der Waals surface area contributed by atoms with Crippen LogP contribution in [-0.4, -0.2) is 27.3 Å². The second-order valence-electron chi connectivity index (χ2n) is 8.41. The molecule has 0 bridgehead atoms. The molecule has 2 heterocycles. The topological polar surface area (TPSA) is 104 Å². The van der Waals surface area contributed by atoms with Crippen LogP contribution < -0.4 is 20.5 Å². The smallest absolute Gasteiger partial charge is 0.248 e. The summed E-state index contributed by atoms with van der Waals surface area (Å²) in [5, 5.41) is 7.93. The average molecular weight is 482 g/mol. The van der Waals surface area contributed by atoms with Gasteiger partial charge in [0, 0.05) is 11.3 Å². The van der Waals surface area contributed by atoms with E-state index in [2.05, 4.69) is 10.3 Å². The second kappa shape index (κ2) is 9.95. The Labute approximate surface area is 209 Å². The highest BCUT2D eigenvalue weighted by molar-refractivity contribution is 5.95. The zero-order valence-electron chi connectivity index (χ0n) is 20.1. The summed E-state index contributed by atoms with van der Waals surface area (Å²) in [4.78, 5) is 17.3. The molecule has 0 radical (unpaired) electrons. The Hall–Kier alpha value is -4.59. The maximum Gasteiger partial charge on any atom is 0.248 e. The van der Waals surface area contributed by atoms with Gasteiger partial charge in [-0.1, -0.05) is 66.7 Å². The molecule has 0 fully saturated rings. The number of primary amides is 1. The van der Waals surface area contributed by atoms with E-state index >= 15 is 0 Å². The molecule has 1 atom stereocenters. The van der Waals surface area contributed by atoms with Crippen LogP contribution >= 0.6 is 0 Å². The van der Waals surface area contributed by atoms with Crippen molar-refractivity contribution in [2.45, 2.75) is 26.5 Å². The molecule has 4 aromatic rings. The Morgan fingerprint density at radius 3 is 2.42 bits per heavy atom. The minimum atomic E-state index is -0.578. The second-order valence-corrected chi connectivity index (χ2v) is 8.41. The van der Waals surface area contributed by atoms with Crippen molar-refractivity contribution in [3.63, 3.8) is 0 Å². The molecule has 0 saturated carbocycles. The maximum absolute atomic E-state index is 12.6. The predicted octanol–water partition coefficient (Wildman–Crippen LogP) is 4.70. The first-order valence-corrected chi connectivity index (χ1v) is 11.8. The average Bonchev–Trinajstić information content (AvgIpc) is 3.32. The molecule has 3 aromatic carbocycles. The highest BCUT2D eigenvalue weighted by Gasteiger charge is 2.34. The summed E-state index contributed by atoms with van der Waals surface area (Å²) in [7, 11) is 0. The van der Waals surface area contributed by atoms with E-state index in [9.17, 15) is 4.79 Å². The van der Waals surface area contributed by atoms with Crippen molar-refractivity contribution in [1.29, 1.82) is 0 Å². The third-order valence-corrected chi connectivity index (χ3v) is 5.97. The number of nitrogens with two attached hydrogens (primary N) is 1. The number of benzene rings is 3. The number of anilines is 1. The van der Waals surface area contributed by atoms with Gasteiger partial charge in [0.25, 0.3) is 0 Å². The summed E-state index contributed by atoms with van der Waals surface area (Å²) in [6.45, 7) is 4.60. The molecule has 0 aliphatic carbocycles. The Balaban J connectivity index is 1.55. The number of ether oxygens (including phenoxy) is 2. The van der Waals surface area contributed by atoms with Crippen LogP contribution in [0.2, 0.25) is 0 Å². The lowest BCUT2D eigenvalue weighted by molar-refractivity contribution is -0.115. The molecule has 1 aromatic heterocycles. The first-order chi connectivity index (χ1) is 17.5. The summed E-state index contributed by atoms with van der Waals surface area (Å²) < 4.78 is 13.7. The van der Waals surface area contributed by atoms with Crippen LogP contribution in [0.5, 0.6) is 11.5 Å². The van der Waals surface area contributed by atoms with Crippen LogP contribution in [-0.2, 0) is 11.4 Å².